The molecule has 0 unspecified atom stereocenters. The van der Waals surface area contributed by atoms with Gasteiger partial charge in [0, 0.05) is 36.3 Å². The Morgan fingerprint density at radius 1 is 1.20 bits per heavy atom. The fourth-order valence-corrected chi connectivity index (χ4v) is 4.66. The SMILES string of the molecule is O=S(=O)(c1cc(Br)cc(N2CCOCC2)c1)C1CNC1. The first-order valence-corrected chi connectivity index (χ1v) is 8.99. The smallest absolute Gasteiger partial charge is 0.183 e. The van der Waals surface area contributed by atoms with Gasteiger partial charge in [-0.25, -0.2) is 8.42 Å². The molecule has 0 aliphatic carbocycles. The average Bonchev–Trinajstić information content (AvgIpc) is 2.36. The fraction of sp³-hybridized carbons (Fsp3) is 0.538. The topological polar surface area (TPSA) is 58.6 Å². The number of hydrogen-bond donors (Lipinski definition) is 1. The Kier molecular flexibility index (Phi) is 4.03. The van der Waals surface area contributed by atoms with Crippen molar-refractivity contribution in [1.29, 1.82) is 0 Å². The standard InChI is InChI=1S/C13H17BrN2O3S/c14-10-5-11(16-1-3-19-4-2-16)7-12(6-10)20(17,18)13-8-15-9-13/h5-7,13,15H,1-4,8-9H2. The summed E-state index contributed by atoms with van der Waals surface area (Å²) < 4.78 is 31.1. The molecule has 20 heavy (non-hydrogen) atoms. The number of morpholine rings is 1. The van der Waals surface area contributed by atoms with Crippen LogP contribution >= 0.6 is 15.9 Å². The lowest BCUT2D eigenvalue weighted by Crippen LogP contribution is -2.51. The molecule has 0 bridgehead atoms. The van der Waals surface area contributed by atoms with Gasteiger partial charge in [-0.15, -0.1) is 0 Å². The van der Waals surface area contributed by atoms with Crippen LogP contribution in [0, 0.1) is 0 Å². The number of ether oxygens (including phenoxy) is 1. The minimum Gasteiger partial charge on any atom is -0.378 e. The lowest BCUT2D eigenvalue weighted by atomic mass is 10.2. The normalized spacial score (nSPS) is 20.8. The second-order valence-corrected chi connectivity index (χ2v) is 8.21. The lowest BCUT2D eigenvalue weighted by Gasteiger charge is -2.30. The second-order valence-electron chi connectivity index (χ2n) is 5.07. The predicted molar refractivity (Wildman–Crippen MR) is 81.0 cm³/mol. The molecule has 5 nitrogen and oxygen atoms in total. The first-order valence-electron chi connectivity index (χ1n) is 6.65. The molecule has 0 spiro atoms. The van der Waals surface area contributed by atoms with Gasteiger partial charge in [0.1, 0.15) is 0 Å². The molecule has 2 aliphatic rings. The molecule has 7 heteroatoms. The number of nitrogens with zero attached hydrogens (tertiary/aromatic N) is 1. The van der Waals surface area contributed by atoms with Gasteiger partial charge in [-0.3, -0.25) is 0 Å². The van der Waals surface area contributed by atoms with E-state index < -0.39 is 9.84 Å². The summed E-state index contributed by atoms with van der Waals surface area (Å²) in [6.07, 6.45) is 0. The largest absolute Gasteiger partial charge is 0.378 e. The van der Waals surface area contributed by atoms with Crippen LogP contribution < -0.4 is 10.2 Å². The van der Waals surface area contributed by atoms with Crippen LogP contribution in [-0.4, -0.2) is 53.1 Å². The van der Waals surface area contributed by atoms with Crippen molar-refractivity contribution < 1.29 is 13.2 Å². The average molecular weight is 361 g/mol. The molecule has 0 aromatic heterocycles. The molecule has 2 fully saturated rings. The summed E-state index contributed by atoms with van der Waals surface area (Å²) in [7, 11) is -3.24. The maximum atomic E-state index is 12.5. The Hall–Kier alpha value is -0.630. The molecule has 1 N–H and O–H groups in total. The maximum Gasteiger partial charge on any atom is 0.183 e. The molecule has 0 amide bonds. The van der Waals surface area contributed by atoms with Crippen LogP contribution in [0.4, 0.5) is 5.69 Å². The Labute approximate surface area is 127 Å². The highest BCUT2D eigenvalue weighted by atomic mass is 79.9. The van der Waals surface area contributed by atoms with Crippen molar-refractivity contribution in [2.75, 3.05) is 44.3 Å². The van der Waals surface area contributed by atoms with Crippen molar-refractivity contribution in [2.45, 2.75) is 10.1 Å². The monoisotopic (exact) mass is 360 g/mol. The molecule has 2 aliphatic heterocycles. The van der Waals surface area contributed by atoms with Gasteiger partial charge in [-0.2, -0.15) is 0 Å². The van der Waals surface area contributed by atoms with E-state index in [4.69, 9.17) is 4.74 Å². The number of rotatable bonds is 3. The zero-order chi connectivity index (χ0) is 14.2. The zero-order valence-electron chi connectivity index (χ0n) is 11.0. The van der Waals surface area contributed by atoms with Gasteiger partial charge in [0.05, 0.1) is 23.4 Å². The summed E-state index contributed by atoms with van der Waals surface area (Å²) in [4.78, 5) is 2.56. The number of nitrogens with one attached hydrogen (secondary N) is 1. The molecule has 0 saturated carbocycles. The lowest BCUT2D eigenvalue weighted by molar-refractivity contribution is 0.122. The minimum atomic E-state index is -3.24. The molecule has 1 aromatic carbocycles. The molecule has 1 aromatic rings. The zero-order valence-corrected chi connectivity index (χ0v) is 13.4. The highest BCUT2D eigenvalue weighted by Crippen LogP contribution is 2.29. The van der Waals surface area contributed by atoms with E-state index in [0.717, 1.165) is 23.2 Å². The molecule has 110 valence electrons. The number of anilines is 1. The van der Waals surface area contributed by atoms with Gasteiger partial charge >= 0.3 is 0 Å². The second kappa shape index (κ2) is 5.63. The van der Waals surface area contributed by atoms with Crippen LogP contribution in [-0.2, 0) is 14.6 Å². The van der Waals surface area contributed by atoms with Crippen molar-refractivity contribution in [1.82, 2.24) is 5.32 Å². The minimum absolute atomic E-state index is 0.297. The first-order chi connectivity index (χ1) is 9.57. The summed E-state index contributed by atoms with van der Waals surface area (Å²) in [6, 6.07) is 5.44. The molecule has 2 heterocycles. The van der Waals surface area contributed by atoms with Gasteiger partial charge in [-0.05, 0) is 18.2 Å². The summed E-state index contributed by atoms with van der Waals surface area (Å²) in [5, 5.41) is 2.71. The summed E-state index contributed by atoms with van der Waals surface area (Å²) in [5.41, 5.74) is 0.938. The van der Waals surface area contributed by atoms with Crippen LogP contribution in [0.5, 0.6) is 0 Å². The van der Waals surface area contributed by atoms with Crippen molar-refractivity contribution in [3.8, 4) is 0 Å². The molecular weight excluding hydrogens is 344 g/mol. The van der Waals surface area contributed by atoms with E-state index >= 15 is 0 Å². The van der Waals surface area contributed by atoms with E-state index in [1.54, 1.807) is 12.1 Å². The van der Waals surface area contributed by atoms with Crippen LogP contribution in [0.1, 0.15) is 0 Å². The molecule has 2 saturated heterocycles. The summed E-state index contributed by atoms with van der Waals surface area (Å²) in [5.74, 6) is 0. The summed E-state index contributed by atoms with van der Waals surface area (Å²) in [6.45, 7) is 4.04. The van der Waals surface area contributed by atoms with Crippen molar-refractivity contribution >= 4 is 31.5 Å². The number of hydrogen-bond acceptors (Lipinski definition) is 5. The third-order valence-corrected chi connectivity index (χ3v) is 6.31. The highest BCUT2D eigenvalue weighted by molar-refractivity contribution is 9.10. The van der Waals surface area contributed by atoms with Gasteiger partial charge < -0.3 is 15.0 Å². The van der Waals surface area contributed by atoms with Crippen LogP contribution in [0.2, 0.25) is 0 Å². The number of halogens is 1. The Bertz CT molecular complexity index is 596. The summed E-state index contributed by atoms with van der Waals surface area (Å²) >= 11 is 3.42. The van der Waals surface area contributed by atoms with E-state index in [0.29, 0.717) is 31.2 Å². The van der Waals surface area contributed by atoms with Gasteiger partial charge in [0.2, 0.25) is 0 Å². The van der Waals surface area contributed by atoms with E-state index in [-0.39, 0.29) is 5.25 Å². The van der Waals surface area contributed by atoms with Gasteiger partial charge in [0.25, 0.3) is 0 Å². The van der Waals surface area contributed by atoms with Gasteiger partial charge in [0.15, 0.2) is 9.84 Å². The predicted octanol–water partition coefficient (Wildman–Crippen LogP) is 1.03. The van der Waals surface area contributed by atoms with Gasteiger partial charge in [-0.1, -0.05) is 15.9 Å². The quantitative estimate of drug-likeness (QED) is 0.872. The van der Waals surface area contributed by atoms with E-state index in [1.165, 1.54) is 0 Å². The number of sulfone groups is 1. The van der Waals surface area contributed by atoms with Crippen LogP contribution in [0.3, 0.4) is 0 Å². The third kappa shape index (κ3) is 2.72. The fourth-order valence-electron chi connectivity index (χ4n) is 2.39. The van der Waals surface area contributed by atoms with E-state index in [2.05, 4.69) is 26.1 Å². The molecule has 3 rings (SSSR count). The third-order valence-electron chi connectivity index (χ3n) is 3.74. The number of benzene rings is 1. The Morgan fingerprint density at radius 2 is 1.90 bits per heavy atom. The first kappa shape index (κ1) is 14.3. The van der Waals surface area contributed by atoms with Crippen LogP contribution in [0.15, 0.2) is 27.6 Å². The van der Waals surface area contributed by atoms with Crippen molar-refractivity contribution in [3.05, 3.63) is 22.7 Å². The molecule has 0 radical (unpaired) electrons. The van der Waals surface area contributed by atoms with Crippen LogP contribution in [0.25, 0.3) is 0 Å². The maximum absolute atomic E-state index is 12.5. The molecule has 0 atom stereocenters. The van der Waals surface area contributed by atoms with Crippen molar-refractivity contribution in [2.24, 2.45) is 0 Å². The van der Waals surface area contributed by atoms with E-state index in [1.807, 2.05) is 6.07 Å². The Balaban J connectivity index is 1.93. The Morgan fingerprint density at radius 3 is 2.50 bits per heavy atom. The van der Waals surface area contributed by atoms with E-state index in [9.17, 15) is 8.42 Å². The molecular formula is C13H17BrN2O3S. The van der Waals surface area contributed by atoms with Crippen molar-refractivity contribution in [3.63, 3.8) is 0 Å². The highest BCUT2D eigenvalue weighted by Gasteiger charge is 2.33.